The van der Waals surface area contributed by atoms with Gasteiger partial charge in [-0.05, 0) is 43.5 Å². The molecule has 2 N–H and O–H groups in total. The van der Waals surface area contributed by atoms with Crippen LogP contribution in [0.25, 0.3) is 11.2 Å². The molecule has 1 amide bonds. The molecule has 29 heavy (non-hydrogen) atoms. The van der Waals surface area contributed by atoms with Crippen LogP contribution in [0.5, 0.6) is 5.06 Å². The third-order valence-electron chi connectivity index (χ3n) is 4.78. The summed E-state index contributed by atoms with van der Waals surface area (Å²) in [5.41, 5.74) is 1.56. The lowest BCUT2D eigenvalue weighted by molar-refractivity contribution is -0.152. The van der Waals surface area contributed by atoms with Gasteiger partial charge in [-0.2, -0.15) is 13.2 Å². The Morgan fingerprint density at radius 3 is 3.00 bits per heavy atom. The number of H-pyrrole nitrogens is 1. The van der Waals surface area contributed by atoms with Crippen molar-refractivity contribution in [2.45, 2.75) is 37.9 Å². The molecule has 4 rings (SSSR count). The normalized spacial score (nSPS) is 19.9. The van der Waals surface area contributed by atoms with Gasteiger partial charge in [-0.3, -0.25) is 4.79 Å². The molecule has 1 fully saturated rings. The van der Waals surface area contributed by atoms with Crippen molar-refractivity contribution in [2.24, 2.45) is 5.92 Å². The van der Waals surface area contributed by atoms with Crippen LogP contribution in [0.1, 0.15) is 42.4 Å². The third kappa shape index (κ3) is 4.87. The summed E-state index contributed by atoms with van der Waals surface area (Å²) >= 11 is 1.10. The number of pyridine rings is 1. The number of hydrogen-bond acceptors (Lipinski definition) is 5. The van der Waals surface area contributed by atoms with Crippen LogP contribution in [-0.4, -0.2) is 33.6 Å². The molecule has 1 aliphatic carbocycles. The van der Waals surface area contributed by atoms with Crippen LogP contribution in [0.3, 0.4) is 0 Å². The molecule has 10 heteroatoms. The number of alkyl halides is 3. The topological polar surface area (TPSA) is 79.9 Å². The zero-order valence-electron chi connectivity index (χ0n) is 15.5. The first-order valence-electron chi connectivity index (χ1n) is 9.18. The van der Waals surface area contributed by atoms with Gasteiger partial charge in [0.25, 0.3) is 0 Å². The predicted octanol–water partition coefficient (Wildman–Crippen LogP) is 4.33. The van der Waals surface area contributed by atoms with Crippen molar-refractivity contribution >= 4 is 28.4 Å². The van der Waals surface area contributed by atoms with Crippen LogP contribution in [0, 0.1) is 5.92 Å². The number of hydrogen-bond donors (Lipinski definition) is 2. The Morgan fingerprint density at radius 2 is 2.24 bits per heavy atom. The SMILES string of the molecule is C[C@@H](NC(=O)C[C@@H]1C[C@@H]1c1nc2ncccc2[nH]1)c1ccc(OCC(F)(F)F)s1. The molecule has 0 unspecified atom stereocenters. The third-order valence-corrected chi connectivity index (χ3v) is 5.96. The minimum Gasteiger partial charge on any atom is -0.475 e. The quantitative estimate of drug-likeness (QED) is 0.592. The van der Waals surface area contributed by atoms with E-state index in [9.17, 15) is 18.0 Å². The fourth-order valence-electron chi connectivity index (χ4n) is 3.25. The molecule has 0 saturated heterocycles. The van der Waals surface area contributed by atoms with E-state index in [0.29, 0.717) is 12.1 Å². The van der Waals surface area contributed by atoms with Crippen LogP contribution >= 0.6 is 11.3 Å². The molecule has 6 nitrogen and oxygen atoms in total. The van der Waals surface area contributed by atoms with Crippen LogP contribution in [0.4, 0.5) is 13.2 Å². The lowest BCUT2D eigenvalue weighted by Crippen LogP contribution is -2.26. The first-order valence-corrected chi connectivity index (χ1v) is 9.99. The molecule has 1 aliphatic rings. The predicted molar refractivity (Wildman–Crippen MR) is 102 cm³/mol. The van der Waals surface area contributed by atoms with Gasteiger partial charge in [-0.1, -0.05) is 0 Å². The van der Waals surface area contributed by atoms with Crippen molar-refractivity contribution in [3.63, 3.8) is 0 Å². The van der Waals surface area contributed by atoms with Gasteiger partial charge in [0.05, 0.1) is 11.6 Å². The van der Waals surface area contributed by atoms with E-state index in [0.717, 1.165) is 34.0 Å². The first-order chi connectivity index (χ1) is 13.8. The number of nitrogens with one attached hydrogen (secondary N) is 2. The number of imidazole rings is 1. The van der Waals surface area contributed by atoms with Crippen LogP contribution in [0.15, 0.2) is 30.5 Å². The van der Waals surface area contributed by atoms with Gasteiger partial charge in [0.15, 0.2) is 17.3 Å². The van der Waals surface area contributed by atoms with E-state index >= 15 is 0 Å². The number of rotatable bonds is 7. The van der Waals surface area contributed by atoms with Gasteiger partial charge in [-0.25, -0.2) is 9.97 Å². The highest BCUT2D eigenvalue weighted by Crippen LogP contribution is 2.48. The number of carbonyl (C=O) groups excluding carboxylic acids is 1. The number of aromatic nitrogens is 3. The van der Waals surface area contributed by atoms with Crippen molar-refractivity contribution in [2.75, 3.05) is 6.61 Å². The summed E-state index contributed by atoms with van der Waals surface area (Å²) in [5.74, 6) is 1.20. The number of nitrogens with zero attached hydrogens (tertiary/aromatic N) is 2. The molecule has 1 saturated carbocycles. The molecule has 0 bridgehead atoms. The van der Waals surface area contributed by atoms with Crippen LogP contribution in [0.2, 0.25) is 0 Å². The molecule has 0 aromatic carbocycles. The maximum Gasteiger partial charge on any atom is 0.422 e. The lowest BCUT2D eigenvalue weighted by atomic mass is 10.2. The Balaban J connectivity index is 1.27. The first kappa shape index (κ1) is 19.7. The molecular weight excluding hydrogens is 405 g/mol. The van der Waals surface area contributed by atoms with Crippen LogP contribution < -0.4 is 10.1 Å². The van der Waals surface area contributed by atoms with Crippen LogP contribution in [-0.2, 0) is 4.79 Å². The summed E-state index contributed by atoms with van der Waals surface area (Å²) in [5, 5.41) is 3.08. The second kappa shape index (κ2) is 7.66. The Kier molecular flexibility index (Phi) is 5.20. The van der Waals surface area contributed by atoms with Crippen molar-refractivity contribution in [1.29, 1.82) is 0 Å². The summed E-state index contributed by atoms with van der Waals surface area (Å²) in [6, 6.07) is 6.61. The fraction of sp³-hybridized carbons (Fsp3) is 0.421. The van der Waals surface area contributed by atoms with Gasteiger partial charge in [0.2, 0.25) is 5.91 Å². The van der Waals surface area contributed by atoms with E-state index in [2.05, 4.69) is 20.3 Å². The molecule has 0 radical (unpaired) electrons. The summed E-state index contributed by atoms with van der Waals surface area (Å²) < 4.78 is 41.4. The highest BCUT2D eigenvalue weighted by Gasteiger charge is 2.42. The minimum absolute atomic E-state index is 0.0922. The summed E-state index contributed by atoms with van der Waals surface area (Å²) in [6.07, 6.45) is -1.42. The molecule has 3 heterocycles. The fourth-order valence-corrected chi connectivity index (χ4v) is 4.11. The molecule has 0 aliphatic heterocycles. The number of carbonyl (C=O) groups is 1. The Hall–Kier alpha value is -2.62. The Bertz CT molecular complexity index is 983. The average molecular weight is 424 g/mol. The van der Waals surface area contributed by atoms with Crippen molar-refractivity contribution < 1.29 is 22.7 Å². The van der Waals surface area contributed by atoms with E-state index < -0.39 is 12.8 Å². The molecule has 3 atom stereocenters. The molecule has 3 aromatic rings. The standard InChI is InChI=1S/C19H19F3N4O2S/c1-10(14-4-5-16(29-14)28-9-19(20,21)22)24-15(27)8-11-7-12(11)17-25-13-3-2-6-23-18(13)26-17/h2-6,10-12H,7-9H2,1H3,(H,24,27)(H,23,25,26)/t10-,11+,12+/m1/s1. The van der Waals surface area contributed by atoms with Gasteiger partial charge >= 0.3 is 6.18 Å². The maximum absolute atomic E-state index is 12.4. The van der Waals surface area contributed by atoms with Crippen molar-refractivity contribution in [1.82, 2.24) is 20.3 Å². The number of thiophene rings is 1. The number of fused-ring (bicyclic) bond motifs is 1. The summed E-state index contributed by atoms with van der Waals surface area (Å²) in [7, 11) is 0. The lowest BCUT2D eigenvalue weighted by Gasteiger charge is -2.12. The number of ether oxygens (including phenoxy) is 1. The Morgan fingerprint density at radius 1 is 1.41 bits per heavy atom. The number of aromatic amines is 1. The molecule has 0 spiro atoms. The zero-order valence-corrected chi connectivity index (χ0v) is 16.3. The summed E-state index contributed by atoms with van der Waals surface area (Å²) in [6.45, 7) is 0.473. The number of halogens is 3. The largest absolute Gasteiger partial charge is 0.475 e. The van der Waals surface area contributed by atoms with E-state index in [1.165, 1.54) is 6.07 Å². The highest BCUT2D eigenvalue weighted by molar-refractivity contribution is 7.13. The van der Waals surface area contributed by atoms with E-state index in [1.54, 1.807) is 19.2 Å². The van der Waals surface area contributed by atoms with E-state index in [1.807, 2.05) is 12.1 Å². The monoisotopic (exact) mass is 424 g/mol. The highest BCUT2D eigenvalue weighted by atomic mass is 32.1. The second-order valence-electron chi connectivity index (χ2n) is 7.15. The average Bonchev–Trinajstić information content (AvgIpc) is 3.08. The van der Waals surface area contributed by atoms with Gasteiger partial charge in [-0.15, -0.1) is 11.3 Å². The second-order valence-corrected chi connectivity index (χ2v) is 8.23. The zero-order chi connectivity index (χ0) is 20.6. The number of amides is 1. The summed E-state index contributed by atoms with van der Waals surface area (Å²) in [4.78, 5) is 25.1. The van der Waals surface area contributed by atoms with Crippen molar-refractivity contribution in [3.8, 4) is 5.06 Å². The van der Waals surface area contributed by atoms with Gasteiger partial charge in [0.1, 0.15) is 5.82 Å². The Labute approximate surface area is 168 Å². The molecule has 3 aromatic heterocycles. The van der Waals surface area contributed by atoms with Crippen molar-refractivity contribution in [3.05, 3.63) is 41.2 Å². The van der Waals surface area contributed by atoms with E-state index in [4.69, 9.17) is 4.74 Å². The molecule has 154 valence electrons. The van der Waals surface area contributed by atoms with E-state index in [-0.39, 0.29) is 28.8 Å². The smallest absolute Gasteiger partial charge is 0.422 e. The van der Waals surface area contributed by atoms with Gasteiger partial charge < -0.3 is 15.0 Å². The minimum atomic E-state index is -4.37. The molecular formula is C19H19F3N4O2S. The maximum atomic E-state index is 12.4. The van der Waals surface area contributed by atoms with Gasteiger partial charge in [0, 0.05) is 23.4 Å².